The van der Waals surface area contributed by atoms with Gasteiger partial charge in [-0.15, -0.1) is 11.3 Å². The zero-order chi connectivity index (χ0) is 25.7. The van der Waals surface area contributed by atoms with Crippen LogP contribution in [0.1, 0.15) is 62.8 Å². The smallest absolute Gasteiger partial charge is 0.348 e. The molecule has 0 radical (unpaired) electrons. The highest BCUT2D eigenvalue weighted by molar-refractivity contribution is 7.18. The maximum Gasteiger partial charge on any atom is 0.348 e. The molecule has 2 N–H and O–H groups in total. The summed E-state index contributed by atoms with van der Waals surface area (Å²) in [4.78, 5) is 45.6. The van der Waals surface area contributed by atoms with Crippen LogP contribution in [0, 0.1) is 32.1 Å². The first-order valence-corrected chi connectivity index (χ1v) is 11.9. The molecule has 0 aliphatic carbocycles. The maximum absolute atomic E-state index is 12.8. The van der Waals surface area contributed by atoms with Gasteiger partial charge in [0.25, 0.3) is 5.91 Å². The van der Waals surface area contributed by atoms with Gasteiger partial charge in [-0.3, -0.25) is 4.79 Å². The number of ether oxygens (including phenoxy) is 2. The largest absolute Gasteiger partial charge is 0.462 e. The molecule has 0 fully saturated rings. The van der Waals surface area contributed by atoms with Gasteiger partial charge in [-0.05, 0) is 51.8 Å². The third-order valence-electron chi connectivity index (χ3n) is 5.39. The number of hydrogen-bond donors (Lipinski definition) is 2. The predicted octanol–water partition coefficient (Wildman–Crippen LogP) is 4.69. The molecule has 3 aromatic rings. The van der Waals surface area contributed by atoms with Gasteiger partial charge >= 0.3 is 11.9 Å². The molecule has 182 valence electrons. The second kappa shape index (κ2) is 11.0. The molecule has 10 heteroatoms. The molecule has 1 aromatic carbocycles. The summed E-state index contributed by atoms with van der Waals surface area (Å²) in [7, 11) is 0. The van der Waals surface area contributed by atoms with Crippen molar-refractivity contribution < 1.29 is 23.9 Å². The number of aromatic nitrogens is 2. The Kier molecular flexibility index (Phi) is 8.04. The maximum atomic E-state index is 12.8. The van der Waals surface area contributed by atoms with E-state index in [9.17, 15) is 19.6 Å². The molecule has 0 aliphatic rings. The Balaban J connectivity index is 1.72. The molecule has 0 saturated carbocycles. The molecule has 9 nitrogen and oxygen atoms in total. The van der Waals surface area contributed by atoms with Gasteiger partial charge in [0.1, 0.15) is 21.8 Å². The predicted molar refractivity (Wildman–Crippen MR) is 131 cm³/mol. The van der Waals surface area contributed by atoms with Crippen LogP contribution < -0.4 is 5.32 Å². The van der Waals surface area contributed by atoms with E-state index >= 15 is 0 Å². The Morgan fingerprint density at radius 2 is 1.83 bits per heavy atom. The summed E-state index contributed by atoms with van der Waals surface area (Å²) in [5.41, 5.74) is 3.57. The zero-order valence-corrected chi connectivity index (χ0v) is 21.0. The number of carbonyl (C=O) groups excluding carboxylic acids is 3. The van der Waals surface area contributed by atoms with Crippen molar-refractivity contribution in [2.24, 2.45) is 0 Å². The van der Waals surface area contributed by atoms with Crippen LogP contribution in [0.3, 0.4) is 0 Å². The van der Waals surface area contributed by atoms with Crippen LogP contribution in [0.4, 0.5) is 5.00 Å². The van der Waals surface area contributed by atoms with Crippen LogP contribution in [0.15, 0.2) is 24.3 Å². The van der Waals surface area contributed by atoms with Crippen LogP contribution in [0.5, 0.6) is 0 Å². The molecular formula is C25H26N4O5S. The highest BCUT2D eigenvalue weighted by Crippen LogP contribution is 2.33. The highest BCUT2D eigenvalue weighted by atomic mass is 32.1. The molecule has 0 saturated heterocycles. The summed E-state index contributed by atoms with van der Waals surface area (Å²) in [6, 6.07) is 8.72. The number of nitrogens with one attached hydrogen (secondary N) is 2. The second-order valence-electron chi connectivity index (χ2n) is 7.76. The van der Waals surface area contributed by atoms with Crippen molar-refractivity contribution in [1.29, 1.82) is 5.26 Å². The first-order chi connectivity index (χ1) is 16.7. The molecule has 3 rings (SSSR count). The van der Waals surface area contributed by atoms with Crippen LogP contribution in [0.2, 0.25) is 0 Å². The van der Waals surface area contributed by atoms with Crippen LogP contribution in [-0.4, -0.2) is 40.5 Å². The first-order valence-electron chi connectivity index (χ1n) is 11.1. The number of carbonyl (C=O) groups is 3. The minimum Gasteiger partial charge on any atom is -0.462 e. The summed E-state index contributed by atoms with van der Waals surface area (Å²) in [5, 5.41) is 12.3. The molecule has 35 heavy (non-hydrogen) atoms. The van der Waals surface area contributed by atoms with Gasteiger partial charge in [0.15, 0.2) is 6.10 Å². The lowest BCUT2D eigenvalue weighted by Gasteiger charge is -2.16. The van der Waals surface area contributed by atoms with Crippen molar-refractivity contribution in [1.82, 2.24) is 9.97 Å². The lowest BCUT2D eigenvalue weighted by molar-refractivity contribution is -0.124. The van der Waals surface area contributed by atoms with Crippen LogP contribution >= 0.6 is 11.3 Å². The van der Waals surface area contributed by atoms with Crippen LogP contribution in [0.25, 0.3) is 11.4 Å². The normalized spacial score (nSPS) is 11.4. The third-order valence-corrected chi connectivity index (χ3v) is 6.58. The van der Waals surface area contributed by atoms with Gasteiger partial charge in [0, 0.05) is 11.3 Å². The average molecular weight is 495 g/mol. The van der Waals surface area contributed by atoms with Crippen molar-refractivity contribution in [2.75, 3.05) is 11.9 Å². The van der Waals surface area contributed by atoms with Crippen molar-refractivity contribution in [3.8, 4) is 17.5 Å². The average Bonchev–Trinajstić information content (AvgIpc) is 3.35. The molecule has 1 atom stereocenters. The minimum atomic E-state index is -1.09. The summed E-state index contributed by atoms with van der Waals surface area (Å²) in [5.74, 6) is -1.10. The Morgan fingerprint density at radius 1 is 1.14 bits per heavy atom. The quantitative estimate of drug-likeness (QED) is 0.434. The van der Waals surface area contributed by atoms with E-state index < -0.39 is 23.9 Å². The number of anilines is 1. The van der Waals surface area contributed by atoms with E-state index in [0.717, 1.165) is 28.3 Å². The van der Waals surface area contributed by atoms with E-state index in [4.69, 9.17) is 9.47 Å². The Hall–Kier alpha value is -3.97. The number of nitrogens with zero attached hydrogens (tertiary/aromatic N) is 2. The summed E-state index contributed by atoms with van der Waals surface area (Å²) < 4.78 is 10.5. The molecule has 2 aromatic heterocycles. The molecular weight excluding hydrogens is 468 g/mol. The monoisotopic (exact) mass is 494 g/mol. The summed E-state index contributed by atoms with van der Waals surface area (Å²) in [6.45, 7) is 9.03. The number of hydrogen-bond acceptors (Lipinski definition) is 8. The molecule has 1 unspecified atom stereocenters. The number of H-pyrrole nitrogens is 1. The number of rotatable bonds is 8. The molecule has 2 heterocycles. The molecule has 0 aliphatic heterocycles. The highest BCUT2D eigenvalue weighted by Gasteiger charge is 2.26. The van der Waals surface area contributed by atoms with E-state index in [2.05, 4.69) is 15.3 Å². The second-order valence-corrected chi connectivity index (χ2v) is 8.78. The molecule has 0 bridgehead atoms. The van der Waals surface area contributed by atoms with E-state index in [-0.39, 0.29) is 34.0 Å². The SMILES string of the molecule is CCOC(=O)c1sc(NC(=O)C(CC)OC(=O)c2ccc(-c3nc(C)c(C)[nH]3)cc2)c(C#N)c1C. The lowest BCUT2D eigenvalue weighted by Crippen LogP contribution is -2.32. The number of amides is 1. The fraction of sp³-hybridized carbons (Fsp3) is 0.320. The van der Waals surface area contributed by atoms with Gasteiger partial charge in [-0.25, -0.2) is 14.6 Å². The van der Waals surface area contributed by atoms with Gasteiger partial charge < -0.3 is 19.8 Å². The van der Waals surface area contributed by atoms with Gasteiger partial charge in [-0.1, -0.05) is 19.1 Å². The number of thiophene rings is 1. The van der Waals surface area contributed by atoms with Gasteiger partial charge in [-0.2, -0.15) is 5.26 Å². The van der Waals surface area contributed by atoms with Crippen molar-refractivity contribution in [3.63, 3.8) is 0 Å². The molecule has 0 spiro atoms. The number of benzene rings is 1. The van der Waals surface area contributed by atoms with E-state index in [1.54, 1.807) is 45.0 Å². The van der Waals surface area contributed by atoms with Crippen molar-refractivity contribution >= 4 is 34.2 Å². The molecule has 1 amide bonds. The minimum absolute atomic E-state index is 0.173. The number of imidazole rings is 1. The van der Waals surface area contributed by atoms with Crippen molar-refractivity contribution in [2.45, 2.75) is 47.1 Å². The number of aromatic amines is 1. The van der Waals surface area contributed by atoms with E-state index in [0.29, 0.717) is 11.4 Å². The fourth-order valence-electron chi connectivity index (χ4n) is 3.29. The standard InChI is InChI=1S/C25H26N4O5S/c1-6-19(22(30)29-23-18(12-26)13(3)20(35-23)25(32)33-7-2)34-24(31)17-10-8-16(9-11-17)21-27-14(4)15(5)28-21/h8-11,19H,6-7H2,1-5H3,(H,27,28)(H,29,30). The Labute approximate surface area is 207 Å². The fourth-order valence-corrected chi connectivity index (χ4v) is 4.34. The van der Waals surface area contributed by atoms with Crippen molar-refractivity contribution in [3.05, 3.63) is 57.2 Å². The van der Waals surface area contributed by atoms with Crippen LogP contribution in [-0.2, 0) is 14.3 Å². The third kappa shape index (κ3) is 5.58. The van der Waals surface area contributed by atoms with E-state index in [1.165, 1.54) is 0 Å². The summed E-state index contributed by atoms with van der Waals surface area (Å²) in [6.07, 6.45) is -0.866. The van der Waals surface area contributed by atoms with Gasteiger partial charge in [0.05, 0.1) is 23.4 Å². The lowest BCUT2D eigenvalue weighted by atomic mass is 10.1. The first kappa shape index (κ1) is 25.6. The van der Waals surface area contributed by atoms with E-state index in [1.807, 2.05) is 19.9 Å². The zero-order valence-electron chi connectivity index (χ0n) is 20.1. The number of nitriles is 1. The number of esters is 2. The Morgan fingerprint density at radius 3 is 2.37 bits per heavy atom. The summed E-state index contributed by atoms with van der Waals surface area (Å²) >= 11 is 0.954. The topological polar surface area (TPSA) is 134 Å². The van der Waals surface area contributed by atoms with Gasteiger partial charge in [0.2, 0.25) is 0 Å². The Bertz CT molecular complexity index is 1280. The number of aryl methyl sites for hydroxylation is 2.